The van der Waals surface area contributed by atoms with Crippen LogP contribution in [0.15, 0.2) is 60.2 Å². The second kappa shape index (κ2) is 8.40. The van der Waals surface area contributed by atoms with Crippen LogP contribution in [0.2, 0.25) is 0 Å². The fraction of sp³-hybridized carbons (Fsp3) is 0.471. The third-order valence-corrected chi connectivity index (χ3v) is 9.69. The summed E-state index contributed by atoms with van der Waals surface area (Å²) in [5, 5.41) is 0. The third-order valence-electron chi connectivity index (χ3n) is 9.69. The zero-order valence-electron chi connectivity index (χ0n) is 21.4. The summed E-state index contributed by atoms with van der Waals surface area (Å²) in [7, 11) is 0. The molecule has 0 bridgehead atoms. The van der Waals surface area contributed by atoms with Crippen LogP contribution in [0.1, 0.15) is 73.3 Å². The number of hydrogen-bond acceptors (Lipinski definition) is 0. The van der Waals surface area contributed by atoms with E-state index in [0.29, 0.717) is 11.8 Å². The minimum atomic E-state index is 0.482. The van der Waals surface area contributed by atoms with Crippen LogP contribution in [-0.4, -0.2) is 0 Å². The van der Waals surface area contributed by atoms with Gasteiger partial charge in [-0.15, -0.1) is 0 Å². The van der Waals surface area contributed by atoms with E-state index in [9.17, 15) is 0 Å². The molecular weight excluding hydrogens is 408 g/mol. The molecule has 0 amide bonds. The number of aryl methyl sites for hydroxylation is 2. The Kier molecular flexibility index (Phi) is 5.47. The standard InChI is InChI=1S/C34H40/c1-20-14-21(2)29(16-25-10-7-6-8-11-25)33(15-20)28-13-9-12-26-17-27(18-32(26)28)22(3)34-23(4)30-19-31(30)24(34)5/h9,12-15,17,22,25,30-31,34H,4-8,10-11,16,18-19H2,1-3H3/t22-,30?,31?,34?/m0/s1. The van der Waals surface area contributed by atoms with Crippen LogP contribution in [-0.2, 0) is 12.8 Å². The molecule has 176 valence electrons. The molecule has 0 aromatic heterocycles. The van der Waals surface area contributed by atoms with Crippen LogP contribution in [0, 0.1) is 43.4 Å². The van der Waals surface area contributed by atoms with Crippen molar-refractivity contribution in [2.45, 2.75) is 72.1 Å². The molecule has 4 aliphatic rings. The fourth-order valence-corrected chi connectivity index (χ4v) is 7.70. The summed E-state index contributed by atoms with van der Waals surface area (Å²) >= 11 is 0. The summed E-state index contributed by atoms with van der Waals surface area (Å²) < 4.78 is 0. The summed E-state index contributed by atoms with van der Waals surface area (Å²) in [4.78, 5) is 0. The van der Waals surface area contributed by atoms with E-state index >= 15 is 0 Å². The van der Waals surface area contributed by atoms with Crippen LogP contribution < -0.4 is 0 Å². The van der Waals surface area contributed by atoms with Gasteiger partial charge in [-0.1, -0.05) is 111 Å². The Morgan fingerprint density at radius 3 is 2.41 bits per heavy atom. The Morgan fingerprint density at radius 1 is 0.941 bits per heavy atom. The van der Waals surface area contributed by atoms with Crippen LogP contribution >= 0.6 is 0 Å². The van der Waals surface area contributed by atoms with Crippen molar-refractivity contribution in [2.75, 3.05) is 0 Å². The van der Waals surface area contributed by atoms with Crippen molar-refractivity contribution < 1.29 is 0 Å². The van der Waals surface area contributed by atoms with Gasteiger partial charge in [-0.3, -0.25) is 0 Å². The first-order chi connectivity index (χ1) is 16.4. The van der Waals surface area contributed by atoms with Gasteiger partial charge in [-0.2, -0.15) is 0 Å². The van der Waals surface area contributed by atoms with Crippen LogP contribution in [0.25, 0.3) is 17.2 Å². The van der Waals surface area contributed by atoms with Crippen molar-refractivity contribution in [3.63, 3.8) is 0 Å². The highest BCUT2D eigenvalue weighted by molar-refractivity contribution is 5.80. The molecule has 0 heterocycles. The number of benzene rings is 2. The highest BCUT2D eigenvalue weighted by atomic mass is 14.6. The number of hydrogen-bond donors (Lipinski definition) is 0. The first-order valence-electron chi connectivity index (χ1n) is 13.7. The first-order valence-corrected chi connectivity index (χ1v) is 13.7. The predicted octanol–water partition coefficient (Wildman–Crippen LogP) is 9.05. The predicted molar refractivity (Wildman–Crippen MR) is 146 cm³/mol. The van der Waals surface area contributed by atoms with Gasteiger partial charge in [-0.05, 0) is 90.2 Å². The second-order valence-electron chi connectivity index (χ2n) is 12.0. The molecule has 4 aliphatic carbocycles. The Labute approximate surface area is 206 Å². The average Bonchev–Trinajstić information content (AvgIpc) is 3.44. The molecule has 34 heavy (non-hydrogen) atoms. The molecule has 2 aromatic carbocycles. The maximum Gasteiger partial charge on any atom is 0.00706 e. The molecule has 0 aliphatic heterocycles. The van der Waals surface area contributed by atoms with E-state index in [1.54, 1.807) is 16.7 Å². The van der Waals surface area contributed by atoms with Crippen LogP contribution in [0.3, 0.4) is 0 Å². The first kappa shape index (κ1) is 22.1. The number of rotatable bonds is 5. The van der Waals surface area contributed by atoms with E-state index in [4.69, 9.17) is 0 Å². The number of fused-ring (bicyclic) bond motifs is 2. The maximum atomic E-state index is 4.51. The Morgan fingerprint density at radius 2 is 1.68 bits per heavy atom. The van der Waals surface area contributed by atoms with E-state index in [0.717, 1.165) is 24.2 Å². The molecule has 0 heteroatoms. The Bertz CT molecular complexity index is 1180. The highest BCUT2D eigenvalue weighted by Crippen LogP contribution is 2.62. The Hall–Kier alpha value is -2.34. The zero-order valence-corrected chi connectivity index (χ0v) is 21.4. The van der Waals surface area contributed by atoms with Gasteiger partial charge in [0.05, 0.1) is 0 Å². The molecule has 0 nitrogen and oxygen atoms in total. The molecule has 2 unspecified atom stereocenters. The van der Waals surface area contributed by atoms with Crippen molar-refractivity contribution in [3.8, 4) is 11.1 Å². The van der Waals surface area contributed by atoms with Gasteiger partial charge in [-0.25, -0.2) is 0 Å². The lowest BCUT2D eigenvalue weighted by molar-refractivity contribution is 0.356. The van der Waals surface area contributed by atoms with Crippen molar-refractivity contribution in [1.29, 1.82) is 0 Å². The summed E-state index contributed by atoms with van der Waals surface area (Å²) in [6.45, 7) is 16.1. The van der Waals surface area contributed by atoms with E-state index in [1.165, 1.54) is 83.9 Å². The van der Waals surface area contributed by atoms with Gasteiger partial charge >= 0.3 is 0 Å². The lowest BCUT2D eigenvalue weighted by atomic mass is 9.78. The minimum Gasteiger partial charge on any atom is -0.0989 e. The molecular formula is C34H40. The lowest BCUT2D eigenvalue weighted by Gasteiger charge is -2.26. The lowest BCUT2D eigenvalue weighted by Crippen LogP contribution is -2.16. The highest BCUT2D eigenvalue weighted by Gasteiger charge is 2.53. The van der Waals surface area contributed by atoms with Crippen molar-refractivity contribution in [3.05, 3.63) is 88.0 Å². The summed E-state index contributed by atoms with van der Waals surface area (Å²) in [6.07, 6.45) is 13.2. The summed E-state index contributed by atoms with van der Waals surface area (Å²) in [6, 6.07) is 11.9. The maximum absolute atomic E-state index is 4.51. The van der Waals surface area contributed by atoms with Gasteiger partial charge < -0.3 is 0 Å². The smallest absolute Gasteiger partial charge is 0.00706 e. The topological polar surface area (TPSA) is 0 Å². The van der Waals surface area contributed by atoms with Crippen molar-refractivity contribution in [2.24, 2.45) is 29.6 Å². The normalized spacial score (nSPS) is 26.9. The largest absolute Gasteiger partial charge is 0.0989 e. The molecule has 3 saturated carbocycles. The van der Waals surface area contributed by atoms with Gasteiger partial charge in [0.2, 0.25) is 0 Å². The van der Waals surface area contributed by atoms with E-state index < -0.39 is 0 Å². The molecule has 2 aromatic rings. The Balaban J connectivity index is 1.33. The van der Waals surface area contributed by atoms with Crippen molar-refractivity contribution >= 4 is 6.08 Å². The molecule has 0 radical (unpaired) electrons. The number of allylic oxidation sites excluding steroid dienone is 3. The average molecular weight is 449 g/mol. The molecule has 0 N–H and O–H groups in total. The third kappa shape index (κ3) is 3.65. The van der Waals surface area contributed by atoms with Crippen molar-refractivity contribution in [1.82, 2.24) is 0 Å². The van der Waals surface area contributed by atoms with Crippen LogP contribution in [0.4, 0.5) is 0 Å². The van der Waals surface area contributed by atoms with E-state index in [-0.39, 0.29) is 0 Å². The second-order valence-corrected chi connectivity index (χ2v) is 12.0. The van der Waals surface area contributed by atoms with Crippen LogP contribution in [0.5, 0.6) is 0 Å². The molecule has 0 spiro atoms. The molecule has 3 fully saturated rings. The van der Waals surface area contributed by atoms with Gasteiger partial charge in [0, 0.05) is 5.92 Å². The van der Waals surface area contributed by atoms with Gasteiger partial charge in [0.15, 0.2) is 0 Å². The molecule has 0 saturated heterocycles. The fourth-order valence-electron chi connectivity index (χ4n) is 7.70. The zero-order chi connectivity index (χ0) is 23.6. The van der Waals surface area contributed by atoms with E-state index in [1.807, 2.05) is 0 Å². The molecule has 6 rings (SSSR count). The van der Waals surface area contributed by atoms with E-state index in [2.05, 4.69) is 70.3 Å². The minimum absolute atomic E-state index is 0.482. The molecule has 3 atom stereocenters. The summed E-state index contributed by atoms with van der Waals surface area (Å²) in [5.74, 6) is 3.31. The summed E-state index contributed by atoms with van der Waals surface area (Å²) in [5.41, 5.74) is 14.9. The van der Waals surface area contributed by atoms with Gasteiger partial charge in [0.25, 0.3) is 0 Å². The quantitative estimate of drug-likeness (QED) is 0.400. The monoisotopic (exact) mass is 448 g/mol. The SMILES string of the molecule is C=C1C2CC2C(=C)C1[C@@H](C)C1=Cc2cccc(-c3cc(C)cc(C)c3CC3CCCCC3)c2C1. The van der Waals surface area contributed by atoms with Gasteiger partial charge in [0.1, 0.15) is 0 Å².